The first-order valence-electron chi connectivity index (χ1n) is 7.62. The van der Waals surface area contributed by atoms with Crippen LogP contribution in [0.4, 0.5) is 11.4 Å². The van der Waals surface area contributed by atoms with E-state index in [9.17, 15) is 14.9 Å². The normalized spacial score (nSPS) is 10.6. The summed E-state index contributed by atoms with van der Waals surface area (Å²) in [5.74, 6) is -0.386. The lowest BCUT2D eigenvalue weighted by Crippen LogP contribution is -2.23. The molecule has 1 aromatic heterocycles. The maximum atomic E-state index is 12.4. The molecule has 8 heteroatoms. The number of aromatic nitrogens is 2. The minimum atomic E-state index is -0.500. The average molecular weight is 339 g/mol. The van der Waals surface area contributed by atoms with Gasteiger partial charge in [0.25, 0.3) is 11.6 Å². The Morgan fingerprint density at radius 2 is 1.96 bits per heavy atom. The molecule has 8 nitrogen and oxygen atoms in total. The summed E-state index contributed by atoms with van der Waals surface area (Å²) in [7, 11) is 3.91. The van der Waals surface area contributed by atoms with Gasteiger partial charge >= 0.3 is 0 Å². The van der Waals surface area contributed by atoms with Crippen LogP contribution in [-0.4, -0.2) is 35.1 Å². The molecular formula is C17H17N5O3. The maximum absolute atomic E-state index is 12.4. The number of benzene rings is 2. The summed E-state index contributed by atoms with van der Waals surface area (Å²) in [4.78, 5) is 24.8. The van der Waals surface area contributed by atoms with E-state index in [0.29, 0.717) is 17.4 Å². The zero-order chi connectivity index (χ0) is 18.0. The number of non-ortho nitro benzene ring substituents is 1. The fraction of sp³-hybridized carbons (Fsp3) is 0.176. The number of carbonyl (C=O) groups is 1. The molecule has 0 aliphatic carbocycles. The summed E-state index contributed by atoms with van der Waals surface area (Å²) in [5.41, 5.74) is 2.65. The molecule has 0 spiro atoms. The zero-order valence-corrected chi connectivity index (χ0v) is 13.8. The SMILES string of the molecule is CN(C)c1ccc(CNC(=O)c2n[nH]c3ccc([N+](=O)[O-])cc23)cc1. The van der Waals surface area contributed by atoms with Crippen LogP contribution in [0.3, 0.4) is 0 Å². The third-order valence-corrected chi connectivity index (χ3v) is 3.88. The average Bonchev–Trinajstić information content (AvgIpc) is 3.03. The van der Waals surface area contributed by atoms with Gasteiger partial charge in [-0.1, -0.05) is 12.1 Å². The summed E-state index contributed by atoms with van der Waals surface area (Å²) in [6.45, 7) is 0.343. The second-order valence-corrected chi connectivity index (χ2v) is 5.80. The third kappa shape index (κ3) is 3.42. The Hall–Kier alpha value is -3.42. The number of fused-ring (bicyclic) bond motifs is 1. The highest BCUT2D eigenvalue weighted by atomic mass is 16.6. The van der Waals surface area contributed by atoms with Crippen molar-refractivity contribution in [2.45, 2.75) is 6.54 Å². The molecule has 2 N–H and O–H groups in total. The largest absolute Gasteiger partial charge is 0.378 e. The van der Waals surface area contributed by atoms with E-state index in [4.69, 9.17) is 0 Å². The summed E-state index contributed by atoms with van der Waals surface area (Å²) in [5, 5.41) is 20.8. The number of aromatic amines is 1. The molecule has 25 heavy (non-hydrogen) atoms. The summed E-state index contributed by atoms with van der Waals surface area (Å²) < 4.78 is 0. The molecule has 0 aliphatic rings. The van der Waals surface area contributed by atoms with Crippen molar-refractivity contribution in [3.05, 3.63) is 63.8 Å². The van der Waals surface area contributed by atoms with Crippen molar-refractivity contribution in [1.29, 1.82) is 0 Å². The Labute approximate surface area is 143 Å². The number of nitrogens with zero attached hydrogens (tertiary/aromatic N) is 3. The van der Waals surface area contributed by atoms with Crippen molar-refractivity contribution in [3.63, 3.8) is 0 Å². The first kappa shape index (κ1) is 16.4. The highest BCUT2D eigenvalue weighted by molar-refractivity contribution is 6.05. The second-order valence-electron chi connectivity index (χ2n) is 5.80. The second kappa shape index (κ2) is 6.60. The van der Waals surface area contributed by atoms with Crippen molar-refractivity contribution in [3.8, 4) is 0 Å². The molecule has 0 unspecified atom stereocenters. The number of nitrogens with one attached hydrogen (secondary N) is 2. The van der Waals surface area contributed by atoms with E-state index in [1.165, 1.54) is 18.2 Å². The summed E-state index contributed by atoms with van der Waals surface area (Å²) >= 11 is 0. The van der Waals surface area contributed by atoms with Gasteiger partial charge in [0.15, 0.2) is 5.69 Å². The minimum absolute atomic E-state index is 0.0813. The van der Waals surface area contributed by atoms with Gasteiger partial charge in [0, 0.05) is 43.8 Å². The van der Waals surface area contributed by atoms with Gasteiger partial charge in [0.1, 0.15) is 0 Å². The van der Waals surface area contributed by atoms with Crippen LogP contribution in [0.2, 0.25) is 0 Å². The van der Waals surface area contributed by atoms with Gasteiger partial charge in [-0.2, -0.15) is 5.10 Å². The highest BCUT2D eigenvalue weighted by Crippen LogP contribution is 2.22. The molecule has 1 heterocycles. The number of amides is 1. The monoisotopic (exact) mass is 339 g/mol. The van der Waals surface area contributed by atoms with Crippen LogP contribution >= 0.6 is 0 Å². The molecule has 0 aliphatic heterocycles. The fourth-order valence-electron chi connectivity index (χ4n) is 2.47. The van der Waals surface area contributed by atoms with E-state index in [0.717, 1.165) is 11.3 Å². The van der Waals surface area contributed by atoms with E-state index in [2.05, 4.69) is 15.5 Å². The number of nitro groups is 1. The van der Waals surface area contributed by atoms with E-state index >= 15 is 0 Å². The molecule has 128 valence electrons. The highest BCUT2D eigenvalue weighted by Gasteiger charge is 2.17. The molecule has 2 aromatic carbocycles. The Morgan fingerprint density at radius 1 is 1.24 bits per heavy atom. The smallest absolute Gasteiger partial charge is 0.272 e. The summed E-state index contributed by atoms with van der Waals surface area (Å²) in [6.07, 6.45) is 0. The van der Waals surface area contributed by atoms with Gasteiger partial charge in [-0.15, -0.1) is 0 Å². The number of H-pyrrole nitrogens is 1. The lowest BCUT2D eigenvalue weighted by molar-refractivity contribution is -0.384. The Balaban J connectivity index is 1.76. The number of anilines is 1. The van der Waals surface area contributed by atoms with Crippen molar-refractivity contribution in [2.75, 3.05) is 19.0 Å². The number of carbonyl (C=O) groups excluding carboxylic acids is 1. The lowest BCUT2D eigenvalue weighted by atomic mass is 10.1. The fourth-order valence-corrected chi connectivity index (χ4v) is 2.47. The summed E-state index contributed by atoms with van der Waals surface area (Å²) in [6, 6.07) is 12.1. The van der Waals surface area contributed by atoms with Crippen LogP contribution in [0.25, 0.3) is 10.9 Å². The topological polar surface area (TPSA) is 104 Å². The molecule has 0 saturated heterocycles. The molecule has 0 atom stereocenters. The van der Waals surface area contributed by atoms with E-state index in [-0.39, 0.29) is 17.3 Å². The molecule has 3 aromatic rings. The molecule has 0 saturated carbocycles. The predicted octanol–water partition coefficient (Wildman–Crippen LogP) is 2.47. The quantitative estimate of drug-likeness (QED) is 0.549. The molecular weight excluding hydrogens is 322 g/mol. The van der Waals surface area contributed by atoms with Crippen LogP contribution in [0, 0.1) is 10.1 Å². The minimum Gasteiger partial charge on any atom is -0.378 e. The van der Waals surface area contributed by atoms with E-state index in [1.54, 1.807) is 0 Å². The van der Waals surface area contributed by atoms with E-state index in [1.807, 2.05) is 43.3 Å². The molecule has 3 rings (SSSR count). The van der Waals surface area contributed by atoms with Crippen molar-refractivity contribution >= 4 is 28.2 Å². The van der Waals surface area contributed by atoms with Crippen molar-refractivity contribution in [2.24, 2.45) is 0 Å². The van der Waals surface area contributed by atoms with Crippen LogP contribution in [0.1, 0.15) is 16.1 Å². The Bertz CT molecular complexity index is 931. The lowest BCUT2D eigenvalue weighted by Gasteiger charge is -2.12. The molecule has 0 bridgehead atoms. The molecule has 0 radical (unpaired) electrons. The molecule has 1 amide bonds. The van der Waals surface area contributed by atoms with E-state index < -0.39 is 4.92 Å². The Morgan fingerprint density at radius 3 is 2.60 bits per heavy atom. The van der Waals surface area contributed by atoms with Gasteiger partial charge in [-0.25, -0.2) is 0 Å². The third-order valence-electron chi connectivity index (χ3n) is 3.88. The van der Waals surface area contributed by atoms with Crippen LogP contribution in [0.5, 0.6) is 0 Å². The van der Waals surface area contributed by atoms with Crippen molar-refractivity contribution < 1.29 is 9.72 Å². The van der Waals surface area contributed by atoms with Crippen molar-refractivity contribution in [1.82, 2.24) is 15.5 Å². The van der Waals surface area contributed by atoms with Gasteiger partial charge < -0.3 is 10.2 Å². The van der Waals surface area contributed by atoms with Gasteiger partial charge in [0.05, 0.1) is 10.4 Å². The first-order chi connectivity index (χ1) is 12.0. The van der Waals surface area contributed by atoms with Gasteiger partial charge in [0.2, 0.25) is 0 Å². The first-order valence-corrected chi connectivity index (χ1v) is 7.62. The number of nitro benzene ring substituents is 1. The van der Waals surface area contributed by atoms with Crippen LogP contribution < -0.4 is 10.2 Å². The van der Waals surface area contributed by atoms with Crippen LogP contribution in [-0.2, 0) is 6.54 Å². The van der Waals surface area contributed by atoms with Gasteiger partial charge in [-0.05, 0) is 23.8 Å². The van der Waals surface area contributed by atoms with Gasteiger partial charge in [-0.3, -0.25) is 20.0 Å². The number of rotatable bonds is 5. The van der Waals surface area contributed by atoms with Crippen LogP contribution in [0.15, 0.2) is 42.5 Å². The maximum Gasteiger partial charge on any atom is 0.272 e. The Kier molecular flexibility index (Phi) is 4.34. The standard InChI is InChI=1S/C17H17N5O3/c1-21(2)12-5-3-11(4-6-12)10-18-17(23)16-14-9-13(22(24)25)7-8-15(14)19-20-16/h3-9H,10H2,1-2H3,(H,18,23)(H,19,20). The molecule has 0 fully saturated rings. The predicted molar refractivity (Wildman–Crippen MR) is 94.7 cm³/mol. The zero-order valence-electron chi connectivity index (χ0n) is 13.8. The number of hydrogen-bond acceptors (Lipinski definition) is 5. The number of hydrogen-bond donors (Lipinski definition) is 2.